The Kier molecular flexibility index (Phi) is 3.59. The van der Waals surface area contributed by atoms with Gasteiger partial charge in [-0.25, -0.2) is 4.98 Å². The summed E-state index contributed by atoms with van der Waals surface area (Å²) in [5, 5.41) is 27.8. The van der Waals surface area contributed by atoms with Gasteiger partial charge in [-0.05, 0) is 35.6 Å². The number of H-pyrrole nitrogens is 1. The van der Waals surface area contributed by atoms with E-state index in [-0.39, 0.29) is 17.5 Å². The number of aromatic hydroxyl groups is 2. The van der Waals surface area contributed by atoms with Gasteiger partial charge in [0.15, 0.2) is 17.3 Å². The molecule has 0 radical (unpaired) electrons. The van der Waals surface area contributed by atoms with E-state index in [2.05, 4.69) is 15.2 Å². The fourth-order valence-corrected chi connectivity index (χ4v) is 2.66. The molecule has 5 N–H and O–H groups in total. The van der Waals surface area contributed by atoms with Crippen molar-refractivity contribution in [2.24, 2.45) is 5.73 Å². The third-order valence-corrected chi connectivity index (χ3v) is 3.96. The van der Waals surface area contributed by atoms with E-state index in [9.17, 15) is 10.2 Å². The molecule has 3 rings (SSSR count). The average molecular weight is 302 g/mol. The highest BCUT2D eigenvalue weighted by molar-refractivity contribution is 7.13. The van der Waals surface area contributed by atoms with Gasteiger partial charge in [0.2, 0.25) is 0 Å². The molecule has 0 spiro atoms. The number of thiophene rings is 1. The first kappa shape index (κ1) is 13.6. The van der Waals surface area contributed by atoms with Crippen LogP contribution in [-0.4, -0.2) is 25.4 Å². The lowest BCUT2D eigenvalue weighted by atomic mass is 10.1. The second-order valence-electron chi connectivity index (χ2n) is 4.66. The SMILES string of the molecule is NC(Cc1ccc(O)c(O)c1)c1nc(-c2cccs2)n[nH]1. The van der Waals surface area contributed by atoms with Gasteiger partial charge in [0.05, 0.1) is 10.9 Å². The van der Waals surface area contributed by atoms with Crippen molar-refractivity contribution in [1.82, 2.24) is 15.2 Å². The molecular formula is C14H14N4O2S. The van der Waals surface area contributed by atoms with Crippen LogP contribution >= 0.6 is 11.3 Å². The number of aromatic nitrogens is 3. The Hall–Kier alpha value is -2.38. The van der Waals surface area contributed by atoms with E-state index < -0.39 is 0 Å². The van der Waals surface area contributed by atoms with Gasteiger partial charge in [-0.2, -0.15) is 5.10 Å². The van der Waals surface area contributed by atoms with Crippen LogP contribution < -0.4 is 5.73 Å². The van der Waals surface area contributed by atoms with E-state index in [1.165, 1.54) is 12.1 Å². The number of benzene rings is 1. The topological polar surface area (TPSA) is 108 Å². The van der Waals surface area contributed by atoms with Crippen LogP contribution in [-0.2, 0) is 6.42 Å². The van der Waals surface area contributed by atoms with E-state index in [1.54, 1.807) is 17.4 Å². The average Bonchev–Trinajstić information content (AvgIpc) is 3.12. The van der Waals surface area contributed by atoms with Crippen molar-refractivity contribution in [2.75, 3.05) is 0 Å². The fraction of sp³-hybridized carbons (Fsp3) is 0.143. The van der Waals surface area contributed by atoms with Crippen molar-refractivity contribution in [2.45, 2.75) is 12.5 Å². The zero-order valence-corrected chi connectivity index (χ0v) is 11.8. The lowest BCUT2D eigenvalue weighted by Crippen LogP contribution is -2.15. The molecule has 1 unspecified atom stereocenters. The summed E-state index contributed by atoms with van der Waals surface area (Å²) in [4.78, 5) is 5.37. The van der Waals surface area contributed by atoms with Gasteiger partial charge < -0.3 is 15.9 Å². The number of nitrogens with zero attached hydrogens (tertiary/aromatic N) is 2. The van der Waals surface area contributed by atoms with Gasteiger partial charge in [0.1, 0.15) is 5.82 Å². The molecule has 0 aliphatic carbocycles. The summed E-state index contributed by atoms with van der Waals surface area (Å²) >= 11 is 1.56. The Morgan fingerprint density at radius 2 is 2.10 bits per heavy atom. The highest BCUT2D eigenvalue weighted by atomic mass is 32.1. The number of hydrogen-bond donors (Lipinski definition) is 4. The van der Waals surface area contributed by atoms with Gasteiger partial charge in [-0.15, -0.1) is 11.3 Å². The minimum Gasteiger partial charge on any atom is -0.504 e. The summed E-state index contributed by atoms with van der Waals surface area (Å²) in [5.74, 6) is 0.915. The summed E-state index contributed by atoms with van der Waals surface area (Å²) in [6.45, 7) is 0. The zero-order chi connectivity index (χ0) is 14.8. The fourth-order valence-electron chi connectivity index (χ4n) is 2.00. The largest absolute Gasteiger partial charge is 0.504 e. The number of nitrogens with one attached hydrogen (secondary N) is 1. The minimum absolute atomic E-state index is 0.146. The summed E-state index contributed by atoms with van der Waals surface area (Å²) in [7, 11) is 0. The molecule has 3 aromatic rings. The quantitative estimate of drug-likeness (QED) is 0.552. The smallest absolute Gasteiger partial charge is 0.191 e. The lowest BCUT2D eigenvalue weighted by Gasteiger charge is -2.09. The van der Waals surface area contributed by atoms with Crippen LogP contribution in [0.5, 0.6) is 11.5 Å². The van der Waals surface area contributed by atoms with Crippen molar-refractivity contribution in [3.05, 3.63) is 47.1 Å². The highest BCUT2D eigenvalue weighted by Gasteiger charge is 2.14. The molecule has 1 aromatic carbocycles. The van der Waals surface area contributed by atoms with Crippen LogP contribution in [0.15, 0.2) is 35.7 Å². The summed E-state index contributed by atoms with van der Waals surface area (Å²) in [6, 6.07) is 8.16. The first-order valence-corrected chi connectivity index (χ1v) is 7.24. The summed E-state index contributed by atoms with van der Waals surface area (Å²) in [5.41, 5.74) is 6.92. The van der Waals surface area contributed by atoms with Crippen molar-refractivity contribution in [3.8, 4) is 22.2 Å². The number of hydrogen-bond acceptors (Lipinski definition) is 6. The molecule has 0 saturated carbocycles. The molecule has 2 aromatic heterocycles. The Morgan fingerprint density at radius 1 is 1.24 bits per heavy atom. The van der Waals surface area contributed by atoms with Crippen LogP contribution in [0.25, 0.3) is 10.7 Å². The van der Waals surface area contributed by atoms with Gasteiger partial charge in [0, 0.05) is 0 Å². The minimum atomic E-state index is -0.366. The van der Waals surface area contributed by atoms with Gasteiger partial charge in [-0.1, -0.05) is 12.1 Å². The molecule has 1 atom stereocenters. The maximum Gasteiger partial charge on any atom is 0.191 e. The Morgan fingerprint density at radius 3 is 2.81 bits per heavy atom. The third kappa shape index (κ3) is 2.88. The van der Waals surface area contributed by atoms with Crippen molar-refractivity contribution in [3.63, 3.8) is 0 Å². The summed E-state index contributed by atoms with van der Waals surface area (Å²) < 4.78 is 0. The Labute approximate surface area is 124 Å². The van der Waals surface area contributed by atoms with Crippen LogP contribution in [0.2, 0.25) is 0 Å². The van der Waals surface area contributed by atoms with Gasteiger partial charge >= 0.3 is 0 Å². The van der Waals surface area contributed by atoms with Gasteiger partial charge in [0.25, 0.3) is 0 Å². The Balaban J connectivity index is 1.76. The number of aromatic amines is 1. The second kappa shape index (κ2) is 5.55. The zero-order valence-electron chi connectivity index (χ0n) is 11.0. The molecule has 108 valence electrons. The van der Waals surface area contributed by atoms with Crippen molar-refractivity contribution < 1.29 is 10.2 Å². The van der Waals surface area contributed by atoms with E-state index in [4.69, 9.17) is 5.73 Å². The monoisotopic (exact) mass is 302 g/mol. The first-order valence-electron chi connectivity index (χ1n) is 6.36. The lowest BCUT2D eigenvalue weighted by molar-refractivity contribution is 0.403. The van der Waals surface area contributed by atoms with Crippen LogP contribution in [0, 0.1) is 0 Å². The predicted molar refractivity (Wildman–Crippen MR) is 80.1 cm³/mol. The van der Waals surface area contributed by atoms with Crippen LogP contribution in [0.3, 0.4) is 0 Å². The third-order valence-electron chi connectivity index (χ3n) is 3.09. The molecule has 2 heterocycles. The number of nitrogens with two attached hydrogens (primary N) is 1. The Bertz CT molecular complexity index is 739. The highest BCUT2D eigenvalue weighted by Crippen LogP contribution is 2.27. The molecule has 0 amide bonds. The van der Waals surface area contributed by atoms with Gasteiger partial charge in [-0.3, -0.25) is 5.10 Å². The molecule has 0 fully saturated rings. The molecule has 6 nitrogen and oxygen atoms in total. The molecule has 0 saturated heterocycles. The van der Waals surface area contributed by atoms with E-state index in [1.807, 2.05) is 17.5 Å². The summed E-state index contributed by atoms with van der Waals surface area (Å²) in [6.07, 6.45) is 0.479. The number of phenols is 2. The maximum absolute atomic E-state index is 9.49. The molecular weight excluding hydrogens is 288 g/mol. The second-order valence-corrected chi connectivity index (χ2v) is 5.60. The molecule has 0 aliphatic rings. The molecule has 7 heteroatoms. The van der Waals surface area contributed by atoms with E-state index in [0.29, 0.717) is 18.1 Å². The first-order chi connectivity index (χ1) is 10.1. The predicted octanol–water partition coefficient (Wildman–Crippen LogP) is 2.19. The van der Waals surface area contributed by atoms with Crippen LogP contribution in [0.4, 0.5) is 0 Å². The van der Waals surface area contributed by atoms with E-state index in [0.717, 1.165) is 10.4 Å². The maximum atomic E-state index is 9.49. The molecule has 0 bridgehead atoms. The normalized spacial score (nSPS) is 12.4. The van der Waals surface area contributed by atoms with Crippen LogP contribution in [0.1, 0.15) is 17.4 Å². The van der Waals surface area contributed by atoms with Crippen molar-refractivity contribution in [1.29, 1.82) is 0 Å². The standard InChI is InChI=1S/C14H14N4O2S/c15-9(6-8-3-4-10(19)11(20)7-8)13-16-14(18-17-13)12-2-1-5-21-12/h1-5,7,9,19-20H,6,15H2,(H,16,17,18). The van der Waals surface area contributed by atoms with E-state index >= 15 is 0 Å². The molecule has 0 aliphatic heterocycles. The van der Waals surface area contributed by atoms with Crippen molar-refractivity contribution >= 4 is 11.3 Å². The number of phenolic OH excluding ortho intramolecular Hbond substituents is 2. The number of rotatable bonds is 4. The molecule has 21 heavy (non-hydrogen) atoms.